The number of ether oxygens (including phenoxy) is 1. The van der Waals surface area contributed by atoms with Gasteiger partial charge in [-0.25, -0.2) is 4.98 Å². The molecule has 1 aromatic heterocycles. The Morgan fingerprint density at radius 3 is 3.06 bits per heavy atom. The molecule has 0 amide bonds. The van der Waals surface area contributed by atoms with E-state index in [0.29, 0.717) is 23.3 Å². The van der Waals surface area contributed by atoms with Gasteiger partial charge in [-0.15, -0.1) is 0 Å². The summed E-state index contributed by atoms with van der Waals surface area (Å²) in [7, 11) is 0. The van der Waals surface area contributed by atoms with Gasteiger partial charge in [-0.05, 0) is 6.07 Å². The van der Waals surface area contributed by atoms with Crippen molar-refractivity contribution in [2.45, 2.75) is 12.6 Å². The van der Waals surface area contributed by atoms with Crippen LogP contribution in [-0.2, 0) is 11.3 Å². The predicted octanol–water partition coefficient (Wildman–Crippen LogP) is 1.55. The Bertz CT molecular complexity index is 389. The summed E-state index contributed by atoms with van der Waals surface area (Å²) >= 11 is 11.9. The average molecular weight is 276 g/mol. The fourth-order valence-electron chi connectivity index (χ4n) is 1.86. The Morgan fingerprint density at radius 1 is 1.53 bits per heavy atom. The fraction of sp³-hybridized carbons (Fsp3) is 0.545. The first-order valence-corrected chi connectivity index (χ1v) is 6.28. The highest BCUT2D eigenvalue weighted by Crippen LogP contribution is 2.20. The summed E-state index contributed by atoms with van der Waals surface area (Å²) in [4.78, 5) is 6.30. The molecule has 0 radical (unpaired) electrons. The van der Waals surface area contributed by atoms with Gasteiger partial charge in [0.05, 0.1) is 12.7 Å². The van der Waals surface area contributed by atoms with Crippen molar-refractivity contribution in [3.05, 3.63) is 28.0 Å². The number of halogens is 2. The Labute approximate surface area is 111 Å². The van der Waals surface area contributed by atoms with E-state index >= 15 is 0 Å². The average Bonchev–Trinajstić information content (AvgIpc) is 2.33. The molecule has 0 spiro atoms. The molecule has 2 N–H and O–H groups in total. The number of pyridine rings is 1. The Kier molecular flexibility index (Phi) is 4.59. The lowest BCUT2D eigenvalue weighted by Crippen LogP contribution is -2.45. The van der Waals surface area contributed by atoms with E-state index in [1.807, 2.05) is 0 Å². The molecule has 17 heavy (non-hydrogen) atoms. The second-order valence-corrected chi connectivity index (χ2v) is 4.86. The van der Waals surface area contributed by atoms with Crippen molar-refractivity contribution in [2.24, 2.45) is 5.73 Å². The molecule has 94 valence electrons. The van der Waals surface area contributed by atoms with Crippen molar-refractivity contribution in [3.8, 4) is 0 Å². The van der Waals surface area contributed by atoms with Gasteiger partial charge in [0.15, 0.2) is 0 Å². The third-order valence-electron chi connectivity index (χ3n) is 2.78. The highest BCUT2D eigenvalue weighted by Gasteiger charge is 2.19. The molecule has 0 aliphatic carbocycles. The van der Waals surface area contributed by atoms with Crippen LogP contribution in [0, 0.1) is 0 Å². The summed E-state index contributed by atoms with van der Waals surface area (Å²) in [5.41, 5.74) is 6.58. The van der Waals surface area contributed by atoms with Crippen molar-refractivity contribution in [1.82, 2.24) is 9.88 Å². The molecule has 0 bridgehead atoms. The van der Waals surface area contributed by atoms with Crippen LogP contribution in [0.1, 0.15) is 5.56 Å². The number of morpholine rings is 1. The Balaban J connectivity index is 2.00. The maximum Gasteiger partial charge on any atom is 0.130 e. The predicted molar refractivity (Wildman–Crippen MR) is 68.3 cm³/mol. The number of hydrogen-bond acceptors (Lipinski definition) is 4. The number of hydrogen-bond donors (Lipinski definition) is 1. The van der Waals surface area contributed by atoms with E-state index in [9.17, 15) is 0 Å². The van der Waals surface area contributed by atoms with Crippen LogP contribution in [0.4, 0.5) is 0 Å². The third-order valence-corrected chi connectivity index (χ3v) is 3.33. The molecule has 2 rings (SSSR count). The van der Waals surface area contributed by atoms with E-state index in [-0.39, 0.29) is 6.10 Å². The van der Waals surface area contributed by atoms with E-state index in [4.69, 9.17) is 33.7 Å². The SMILES string of the molecule is NCC1CN(Cc2cnc(Cl)cc2Cl)CCO1. The van der Waals surface area contributed by atoms with Crippen molar-refractivity contribution in [1.29, 1.82) is 0 Å². The standard InChI is InChI=1S/C11H15Cl2N3O/c12-10-3-11(13)15-5-8(10)6-16-1-2-17-9(4-14)7-16/h3,5,9H,1-2,4,6-7,14H2. The minimum atomic E-state index is 0.114. The summed E-state index contributed by atoms with van der Waals surface area (Å²) in [6.45, 7) is 3.72. The van der Waals surface area contributed by atoms with Crippen LogP contribution in [0.3, 0.4) is 0 Å². The highest BCUT2D eigenvalue weighted by atomic mass is 35.5. The minimum absolute atomic E-state index is 0.114. The molecule has 1 unspecified atom stereocenters. The molecule has 4 nitrogen and oxygen atoms in total. The summed E-state index contributed by atoms with van der Waals surface area (Å²) < 4.78 is 5.51. The van der Waals surface area contributed by atoms with E-state index in [1.165, 1.54) is 0 Å². The van der Waals surface area contributed by atoms with E-state index in [0.717, 1.165) is 25.2 Å². The van der Waals surface area contributed by atoms with Gasteiger partial charge in [-0.3, -0.25) is 4.90 Å². The number of nitrogens with two attached hydrogens (primary N) is 1. The molecule has 2 heterocycles. The van der Waals surface area contributed by atoms with E-state index < -0.39 is 0 Å². The van der Waals surface area contributed by atoms with Crippen LogP contribution < -0.4 is 5.73 Å². The largest absolute Gasteiger partial charge is 0.374 e. The number of rotatable bonds is 3. The zero-order valence-electron chi connectivity index (χ0n) is 9.40. The smallest absolute Gasteiger partial charge is 0.130 e. The van der Waals surface area contributed by atoms with Gasteiger partial charge in [-0.2, -0.15) is 0 Å². The van der Waals surface area contributed by atoms with Gasteiger partial charge < -0.3 is 10.5 Å². The summed E-state index contributed by atoms with van der Waals surface area (Å²) in [6, 6.07) is 1.67. The molecule has 1 aromatic rings. The molecular formula is C11H15Cl2N3O. The fourth-order valence-corrected chi connectivity index (χ4v) is 2.29. The lowest BCUT2D eigenvalue weighted by molar-refractivity contribution is -0.0260. The van der Waals surface area contributed by atoms with Crippen LogP contribution in [0.2, 0.25) is 10.2 Å². The quantitative estimate of drug-likeness (QED) is 0.851. The number of aromatic nitrogens is 1. The molecule has 0 saturated carbocycles. The monoisotopic (exact) mass is 275 g/mol. The second kappa shape index (κ2) is 5.98. The molecule has 1 aliphatic heterocycles. The minimum Gasteiger partial charge on any atom is -0.374 e. The van der Waals surface area contributed by atoms with Crippen molar-refractivity contribution >= 4 is 23.2 Å². The normalized spacial score (nSPS) is 21.7. The van der Waals surface area contributed by atoms with Crippen LogP contribution in [0.5, 0.6) is 0 Å². The Hall–Kier alpha value is -0.390. The van der Waals surface area contributed by atoms with Gasteiger partial charge >= 0.3 is 0 Å². The molecule has 1 aliphatic rings. The molecule has 1 fully saturated rings. The van der Waals surface area contributed by atoms with Gasteiger partial charge in [0.1, 0.15) is 5.15 Å². The van der Waals surface area contributed by atoms with Gasteiger partial charge in [-0.1, -0.05) is 23.2 Å². The molecular weight excluding hydrogens is 261 g/mol. The first kappa shape index (κ1) is 13.1. The molecule has 1 saturated heterocycles. The first-order valence-electron chi connectivity index (χ1n) is 5.53. The zero-order valence-corrected chi connectivity index (χ0v) is 10.9. The van der Waals surface area contributed by atoms with Crippen LogP contribution in [-0.4, -0.2) is 42.2 Å². The van der Waals surface area contributed by atoms with Gasteiger partial charge in [0.25, 0.3) is 0 Å². The lowest BCUT2D eigenvalue weighted by atomic mass is 10.2. The summed E-state index contributed by atoms with van der Waals surface area (Å²) in [6.07, 6.45) is 1.83. The van der Waals surface area contributed by atoms with Gasteiger partial charge in [0, 0.05) is 43.0 Å². The maximum absolute atomic E-state index is 6.11. The molecule has 0 aromatic carbocycles. The summed E-state index contributed by atoms with van der Waals surface area (Å²) in [5, 5.41) is 1.07. The molecule has 1 atom stereocenters. The number of nitrogens with zero attached hydrogens (tertiary/aromatic N) is 2. The topological polar surface area (TPSA) is 51.4 Å². The highest BCUT2D eigenvalue weighted by molar-refractivity contribution is 6.34. The van der Waals surface area contributed by atoms with Crippen LogP contribution in [0.15, 0.2) is 12.3 Å². The van der Waals surface area contributed by atoms with Crippen molar-refractivity contribution in [3.63, 3.8) is 0 Å². The van der Waals surface area contributed by atoms with E-state index in [1.54, 1.807) is 12.3 Å². The van der Waals surface area contributed by atoms with Crippen LogP contribution >= 0.6 is 23.2 Å². The zero-order chi connectivity index (χ0) is 12.3. The van der Waals surface area contributed by atoms with Gasteiger partial charge in [0.2, 0.25) is 0 Å². The second-order valence-electron chi connectivity index (χ2n) is 4.06. The maximum atomic E-state index is 6.11. The van der Waals surface area contributed by atoms with Crippen LogP contribution in [0.25, 0.3) is 0 Å². The van der Waals surface area contributed by atoms with E-state index in [2.05, 4.69) is 9.88 Å². The molecule has 6 heteroatoms. The first-order chi connectivity index (χ1) is 8.19. The lowest BCUT2D eigenvalue weighted by Gasteiger charge is -2.32. The third kappa shape index (κ3) is 3.53. The van der Waals surface area contributed by atoms with Crippen molar-refractivity contribution in [2.75, 3.05) is 26.2 Å². The van der Waals surface area contributed by atoms with Crippen molar-refractivity contribution < 1.29 is 4.74 Å². The Morgan fingerprint density at radius 2 is 2.35 bits per heavy atom. The summed E-state index contributed by atoms with van der Waals surface area (Å²) in [5.74, 6) is 0.